The van der Waals surface area contributed by atoms with Crippen molar-refractivity contribution in [2.24, 2.45) is 11.1 Å². The highest BCUT2D eigenvalue weighted by molar-refractivity contribution is 5.76. The van der Waals surface area contributed by atoms with Crippen molar-refractivity contribution in [2.45, 2.75) is 44.9 Å². The number of pyridine rings is 1. The van der Waals surface area contributed by atoms with E-state index in [9.17, 15) is 4.79 Å². The number of aromatic nitrogens is 2. The van der Waals surface area contributed by atoms with Gasteiger partial charge in [-0.1, -0.05) is 25.3 Å². The Labute approximate surface area is 137 Å². The Morgan fingerprint density at radius 3 is 2.87 bits per heavy atom. The highest BCUT2D eigenvalue weighted by Gasteiger charge is 2.32. The highest BCUT2D eigenvalue weighted by Crippen LogP contribution is 2.38. The Balaban J connectivity index is 1.48. The number of nitrogens with zero attached hydrogens (tertiary/aromatic N) is 2. The predicted octanol–water partition coefficient (Wildman–Crippen LogP) is 2.29. The molecule has 2 aromatic rings. The summed E-state index contributed by atoms with van der Waals surface area (Å²) in [6, 6.07) is 5.94. The standard InChI is InChI=1S/C18H26N4O/c19-14-18(8-3-1-4-9-18)12-17(23)20-10-7-15-13-22-11-5-2-6-16(22)21-15/h2,5-6,11,13H,1,3-4,7-10,12,14,19H2,(H,20,23). The smallest absolute Gasteiger partial charge is 0.220 e. The van der Waals surface area contributed by atoms with E-state index in [-0.39, 0.29) is 11.3 Å². The number of nitrogens with one attached hydrogen (secondary N) is 1. The number of fused-ring (bicyclic) bond motifs is 1. The van der Waals surface area contributed by atoms with Crippen LogP contribution in [0, 0.1) is 5.41 Å². The van der Waals surface area contributed by atoms with Crippen molar-refractivity contribution in [3.8, 4) is 0 Å². The average molecular weight is 314 g/mol. The quantitative estimate of drug-likeness (QED) is 0.859. The molecule has 5 nitrogen and oxygen atoms in total. The molecular formula is C18H26N4O. The van der Waals surface area contributed by atoms with Gasteiger partial charge < -0.3 is 15.5 Å². The van der Waals surface area contributed by atoms with Gasteiger partial charge in [-0.05, 0) is 36.9 Å². The van der Waals surface area contributed by atoms with Crippen LogP contribution in [0.15, 0.2) is 30.6 Å². The molecule has 3 N–H and O–H groups in total. The second-order valence-electron chi connectivity index (χ2n) is 6.74. The van der Waals surface area contributed by atoms with Gasteiger partial charge in [0.05, 0.1) is 5.69 Å². The molecule has 124 valence electrons. The van der Waals surface area contributed by atoms with Crippen LogP contribution in [0.3, 0.4) is 0 Å². The summed E-state index contributed by atoms with van der Waals surface area (Å²) >= 11 is 0. The first-order chi connectivity index (χ1) is 11.2. The zero-order chi connectivity index (χ0) is 16.1. The molecule has 23 heavy (non-hydrogen) atoms. The summed E-state index contributed by atoms with van der Waals surface area (Å²) in [5, 5.41) is 3.04. The van der Waals surface area contributed by atoms with Crippen LogP contribution >= 0.6 is 0 Å². The molecule has 1 amide bonds. The van der Waals surface area contributed by atoms with Crippen LogP contribution in [0.1, 0.15) is 44.2 Å². The molecule has 3 rings (SSSR count). The lowest BCUT2D eigenvalue weighted by Gasteiger charge is -2.35. The van der Waals surface area contributed by atoms with Gasteiger partial charge in [-0.25, -0.2) is 4.98 Å². The number of nitrogens with two attached hydrogens (primary N) is 1. The normalized spacial score (nSPS) is 17.3. The topological polar surface area (TPSA) is 72.4 Å². The molecule has 2 heterocycles. The first kappa shape index (κ1) is 16.0. The highest BCUT2D eigenvalue weighted by atomic mass is 16.1. The Morgan fingerprint density at radius 1 is 1.30 bits per heavy atom. The number of hydrogen-bond donors (Lipinski definition) is 2. The van der Waals surface area contributed by atoms with Crippen LogP contribution in [0.5, 0.6) is 0 Å². The third-order valence-corrected chi connectivity index (χ3v) is 5.00. The van der Waals surface area contributed by atoms with E-state index >= 15 is 0 Å². The van der Waals surface area contributed by atoms with Crippen LogP contribution in [0.2, 0.25) is 0 Å². The molecule has 0 bridgehead atoms. The predicted molar refractivity (Wildman–Crippen MR) is 91.1 cm³/mol. The minimum absolute atomic E-state index is 0.0332. The van der Waals surface area contributed by atoms with Crippen molar-refractivity contribution in [3.63, 3.8) is 0 Å². The first-order valence-corrected chi connectivity index (χ1v) is 8.60. The Hall–Kier alpha value is -1.88. The maximum absolute atomic E-state index is 12.2. The van der Waals surface area contributed by atoms with Gasteiger partial charge in [0.2, 0.25) is 5.91 Å². The number of amides is 1. The van der Waals surface area contributed by atoms with Crippen molar-refractivity contribution in [2.75, 3.05) is 13.1 Å². The summed E-state index contributed by atoms with van der Waals surface area (Å²) in [5.74, 6) is 0.126. The van der Waals surface area contributed by atoms with Crippen LogP contribution < -0.4 is 11.1 Å². The lowest BCUT2D eigenvalue weighted by Crippen LogP contribution is -2.39. The maximum Gasteiger partial charge on any atom is 0.220 e. The number of rotatable bonds is 6. The number of carbonyl (C=O) groups excluding carboxylic acids is 1. The molecule has 1 aliphatic carbocycles. The zero-order valence-electron chi connectivity index (χ0n) is 13.6. The van der Waals surface area contributed by atoms with E-state index in [0.717, 1.165) is 30.6 Å². The minimum atomic E-state index is 0.0332. The largest absolute Gasteiger partial charge is 0.356 e. The van der Waals surface area contributed by atoms with E-state index in [2.05, 4.69) is 10.3 Å². The number of carbonyl (C=O) groups is 1. The molecule has 1 fully saturated rings. The van der Waals surface area contributed by atoms with Gasteiger partial charge in [0, 0.05) is 31.8 Å². The molecule has 5 heteroatoms. The van der Waals surface area contributed by atoms with Gasteiger partial charge in [-0.15, -0.1) is 0 Å². The van der Waals surface area contributed by atoms with Crippen LogP contribution in [0.25, 0.3) is 5.65 Å². The van der Waals surface area contributed by atoms with E-state index < -0.39 is 0 Å². The second-order valence-corrected chi connectivity index (χ2v) is 6.74. The van der Waals surface area contributed by atoms with E-state index in [0.29, 0.717) is 19.5 Å². The third-order valence-electron chi connectivity index (χ3n) is 5.00. The monoisotopic (exact) mass is 314 g/mol. The third kappa shape index (κ3) is 3.91. The van der Waals surface area contributed by atoms with Gasteiger partial charge in [-0.3, -0.25) is 4.79 Å². The van der Waals surface area contributed by atoms with E-state index in [1.807, 2.05) is 35.0 Å². The molecule has 0 unspecified atom stereocenters. The van der Waals surface area contributed by atoms with E-state index in [1.165, 1.54) is 19.3 Å². The van der Waals surface area contributed by atoms with Crippen molar-refractivity contribution >= 4 is 11.6 Å². The van der Waals surface area contributed by atoms with Gasteiger partial charge in [0.25, 0.3) is 0 Å². The molecule has 1 saturated carbocycles. The minimum Gasteiger partial charge on any atom is -0.356 e. The molecule has 0 radical (unpaired) electrons. The second kappa shape index (κ2) is 7.13. The number of imidazole rings is 1. The van der Waals surface area contributed by atoms with Crippen molar-refractivity contribution in [3.05, 3.63) is 36.3 Å². The van der Waals surface area contributed by atoms with Crippen molar-refractivity contribution in [1.82, 2.24) is 14.7 Å². The summed E-state index contributed by atoms with van der Waals surface area (Å²) < 4.78 is 2.00. The molecule has 1 aliphatic rings. The fraction of sp³-hybridized carbons (Fsp3) is 0.556. The fourth-order valence-electron chi connectivity index (χ4n) is 3.60. The summed E-state index contributed by atoms with van der Waals surface area (Å²) in [4.78, 5) is 16.8. The SMILES string of the molecule is NCC1(CC(=O)NCCc2cn3ccccc3n2)CCCCC1. The molecule has 2 aromatic heterocycles. The molecule has 0 aromatic carbocycles. The van der Waals surface area contributed by atoms with Crippen molar-refractivity contribution < 1.29 is 4.79 Å². The van der Waals surface area contributed by atoms with Crippen LogP contribution in [0.4, 0.5) is 0 Å². The molecule has 0 aliphatic heterocycles. The lowest BCUT2D eigenvalue weighted by molar-refractivity contribution is -0.123. The van der Waals surface area contributed by atoms with Gasteiger partial charge >= 0.3 is 0 Å². The van der Waals surface area contributed by atoms with Crippen LogP contribution in [-0.4, -0.2) is 28.4 Å². The first-order valence-electron chi connectivity index (χ1n) is 8.60. The lowest BCUT2D eigenvalue weighted by atomic mass is 9.71. The molecular weight excluding hydrogens is 288 g/mol. The summed E-state index contributed by atoms with van der Waals surface area (Å²) in [5.41, 5.74) is 7.93. The number of hydrogen-bond acceptors (Lipinski definition) is 3. The van der Waals surface area contributed by atoms with Crippen LogP contribution in [-0.2, 0) is 11.2 Å². The average Bonchev–Trinajstić information content (AvgIpc) is 2.98. The summed E-state index contributed by atoms with van der Waals surface area (Å²) in [6.45, 7) is 1.25. The van der Waals surface area contributed by atoms with E-state index in [1.54, 1.807) is 0 Å². The molecule has 0 atom stereocenters. The Morgan fingerprint density at radius 2 is 2.13 bits per heavy atom. The Kier molecular flexibility index (Phi) is 4.96. The summed E-state index contributed by atoms with van der Waals surface area (Å²) in [7, 11) is 0. The fourth-order valence-corrected chi connectivity index (χ4v) is 3.60. The maximum atomic E-state index is 12.2. The van der Waals surface area contributed by atoms with Gasteiger partial charge in [0.1, 0.15) is 5.65 Å². The van der Waals surface area contributed by atoms with Gasteiger partial charge in [0.15, 0.2) is 0 Å². The van der Waals surface area contributed by atoms with E-state index in [4.69, 9.17) is 5.73 Å². The van der Waals surface area contributed by atoms with Crippen molar-refractivity contribution in [1.29, 1.82) is 0 Å². The molecule has 0 spiro atoms. The van der Waals surface area contributed by atoms with Gasteiger partial charge in [-0.2, -0.15) is 0 Å². The Bertz CT molecular complexity index is 625. The molecule has 0 saturated heterocycles. The summed E-state index contributed by atoms with van der Waals surface area (Å²) in [6.07, 6.45) is 11.2. The zero-order valence-corrected chi connectivity index (χ0v) is 13.6.